The van der Waals surface area contributed by atoms with Crippen LogP contribution in [-0.4, -0.2) is 41.8 Å². The van der Waals surface area contributed by atoms with Crippen LogP contribution in [0, 0.1) is 12.7 Å². The molecule has 188 valence electrons. The summed E-state index contributed by atoms with van der Waals surface area (Å²) in [4.78, 5) is 21.2. The highest BCUT2D eigenvalue weighted by Crippen LogP contribution is 2.49. The number of hydrogen-bond donors (Lipinski definition) is 2. The van der Waals surface area contributed by atoms with Crippen molar-refractivity contribution >= 4 is 27.3 Å². The molecule has 0 spiro atoms. The van der Waals surface area contributed by atoms with Gasteiger partial charge in [-0.15, -0.1) is 0 Å². The van der Waals surface area contributed by atoms with Crippen LogP contribution in [0.3, 0.4) is 0 Å². The molecule has 1 amide bonds. The Morgan fingerprint density at radius 2 is 2.00 bits per heavy atom. The quantitative estimate of drug-likeness (QED) is 0.632. The van der Waals surface area contributed by atoms with E-state index in [2.05, 4.69) is 20.0 Å². The lowest BCUT2D eigenvalue weighted by atomic mass is 9.82. The first-order valence-electron chi connectivity index (χ1n) is 10.9. The summed E-state index contributed by atoms with van der Waals surface area (Å²) in [6, 6.07) is 5.01. The van der Waals surface area contributed by atoms with Gasteiger partial charge < -0.3 is 15.8 Å². The summed E-state index contributed by atoms with van der Waals surface area (Å²) >= 11 is 0. The predicted octanol–water partition coefficient (Wildman–Crippen LogP) is 3.69. The number of carbonyl (C=O) groups is 1. The van der Waals surface area contributed by atoms with Gasteiger partial charge in [-0.05, 0) is 63.4 Å². The topological polar surface area (TPSA) is 124 Å². The Morgan fingerprint density at radius 3 is 2.66 bits per heavy atom. The highest BCUT2D eigenvalue weighted by molar-refractivity contribution is 7.94. The van der Waals surface area contributed by atoms with E-state index in [1.54, 1.807) is 6.92 Å². The van der Waals surface area contributed by atoms with Crippen LogP contribution in [0.25, 0.3) is 0 Å². The number of nitrogens with two attached hydrogens (primary N) is 1. The van der Waals surface area contributed by atoms with Gasteiger partial charge in [0.2, 0.25) is 0 Å². The number of benzene rings is 1. The van der Waals surface area contributed by atoms with Gasteiger partial charge in [0.25, 0.3) is 5.91 Å². The molecule has 0 saturated carbocycles. The molecule has 0 unspecified atom stereocenters. The second-order valence-electron chi connectivity index (χ2n) is 9.17. The number of nitrogens with one attached hydrogen (secondary N) is 1. The first-order chi connectivity index (χ1) is 16.3. The Hall–Kier alpha value is -3.15. The smallest absolute Gasteiger partial charge is 0.387 e. The van der Waals surface area contributed by atoms with Crippen LogP contribution in [0.5, 0.6) is 5.75 Å². The number of halogens is 3. The molecule has 3 atom stereocenters. The molecule has 0 aliphatic carbocycles. The average Bonchev–Trinajstić information content (AvgIpc) is 2.75. The maximum atomic E-state index is 15.1. The third-order valence-corrected chi connectivity index (χ3v) is 10.0. The minimum atomic E-state index is -3.77. The number of pyridine rings is 1. The van der Waals surface area contributed by atoms with Crippen LogP contribution in [0.4, 0.5) is 18.9 Å². The van der Waals surface area contributed by atoms with E-state index >= 15 is 4.39 Å². The van der Waals surface area contributed by atoms with Crippen LogP contribution < -0.4 is 15.8 Å². The van der Waals surface area contributed by atoms with Crippen LogP contribution in [0.2, 0.25) is 0 Å². The molecule has 2 aliphatic heterocycles. The van der Waals surface area contributed by atoms with E-state index in [1.807, 2.05) is 0 Å². The lowest BCUT2D eigenvalue weighted by Crippen LogP contribution is -2.63. The molecule has 1 saturated heterocycles. The number of aliphatic imine (C=N–C) groups is 1. The molecule has 3 heterocycles. The molecule has 2 aliphatic rings. The van der Waals surface area contributed by atoms with Crippen molar-refractivity contribution in [3.8, 4) is 5.75 Å². The number of nitrogens with zero attached hydrogens (tertiary/aromatic N) is 2. The van der Waals surface area contributed by atoms with Crippen LogP contribution in [-0.2, 0) is 15.4 Å². The van der Waals surface area contributed by atoms with E-state index in [1.165, 1.54) is 32.0 Å². The highest BCUT2D eigenvalue weighted by atomic mass is 32.2. The largest absolute Gasteiger partial charge is 0.433 e. The minimum absolute atomic E-state index is 0.0128. The summed E-state index contributed by atoms with van der Waals surface area (Å²) in [7, 11) is -3.77. The van der Waals surface area contributed by atoms with Crippen molar-refractivity contribution in [2.75, 3.05) is 5.32 Å². The SMILES string of the molecule is Cc1cc(OC(F)F)cnc1C(=O)Nc1ccc(F)c([C@@]2(C)N=C(N)[C@]3(C)CCC[C@H]2S3(=O)=O)c1. The summed E-state index contributed by atoms with van der Waals surface area (Å²) in [5.74, 6) is -1.61. The number of alkyl halides is 2. The second kappa shape index (κ2) is 8.51. The average molecular weight is 511 g/mol. The monoisotopic (exact) mass is 510 g/mol. The Labute approximate surface area is 200 Å². The van der Waals surface area contributed by atoms with Crippen LogP contribution in [0.1, 0.15) is 54.7 Å². The predicted molar refractivity (Wildman–Crippen MR) is 124 cm³/mol. The molecular formula is C23H25F3N4O4S. The number of aromatic nitrogens is 1. The number of rotatable bonds is 5. The maximum absolute atomic E-state index is 15.1. The van der Waals surface area contributed by atoms with Crippen molar-refractivity contribution in [1.29, 1.82) is 0 Å². The van der Waals surface area contributed by atoms with Crippen molar-refractivity contribution in [2.45, 2.75) is 62.2 Å². The molecule has 2 bridgehead atoms. The van der Waals surface area contributed by atoms with Gasteiger partial charge in [0, 0.05) is 11.3 Å². The second-order valence-corrected chi connectivity index (χ2v) is 11.7. The first kappa shape index (κ1) is 25.0. The molecule has 2 aromatic rings. The van der Waals surface area contributed by atoms with Gasteiger partial charge >= 0.3 is 6.61 Å². The van der Waals surface area contributed by atoms with E-state index in [0.29, 0.717) is 19.3 Å². The fourth-order valence-corrected chi connectivity index (χ4v) is 7.56. The van der Waals surface area contributed by atoms with Crippen molar-refractivity contribution < 1.29 is 31.1 Å². The number of carbonyl (C=O) groups excluding carboxylic acids is 1. The van der Waals surface area contributed by atoms with Crippen molar-refractivity contribution in [3.05, 3.63) is 53.1 Å². The normalized spacial score (nSPS) is 27.3. The molecule has 35 heavy (non-hydrogen) atoms. The van der Waals surface area contributed by atoms with Gasteiger partial charge in [-0.2, -0.15) is 8.78 Å². The van der Waals surface area contributed by atoms with E-state index in [-0.39, 0.29) is 34.1 Å². The van der Waals surface area contributed by atoms with Gasteiger partial charge in [0.05, 0.1) is 11.4 Å². The number of ether oxygens (including phenoxy) is 1. The van der Waals surface area contributed by atoms with Gasteiger partial charge in [-0.25, -0.2) is 17.8 Å². The third kappa shape index (κ3) is 4.03. The summed E-state index contributed by atoms with van der Waals surface area (Å²) in [5.41, 5.74) is 5.04. The number of hydrogen-bond acceptors (Lipinski definition) is 7. The fourth-order valence-electron chi connectivity index (χ4n) is 4.90. The molecule has 0 radical (unpaired) electrons. The van der Waals surface area contributed by atoms with Crippen molar-refractivity contribution in [3.63, 3.8) is 0 Å². The Morgan fingerprint density at radius 1 is 1.29 bits per heavy atom. The van der Waals surface area contributed by atoms with Gasteiger partial charge in [0.15, 0.2) is 9.84 Å². The summed E-state index contributed by atoms with van der Waals surface area (Å²) in [6.07, 6.45) is 2.25. The molecule has 8 nitrogen and oxygen atoms in total. The highest BCUT2D eigenvalue weighted by Gasteiger charge is 2.60. The number of amides is 1. The Kier molecular flexibility index (Phi) is 6.06. The number of amidine groups is 1. The van der Waals surface area contributed by atoms with E-state index < -0.39 is 43.7 Å². The van der Waals surface area contributed by atoms with Gasteiger partial charge in [0.1, 0.15) is 33.4 Å². The Bertz CT molecular complexity index is 1330. The van der Waals surface area contributed by atoms with Crippen molar-refractivity contribution in [2.24, 2.45) is 10.7 Å². The molecule has 3 N–H and O–H groups in total. The minimum Gasteiger partial charge on any atom is -0.433 e. The first-order valence-corrected chi connectivity index (χ1v) is 12.5. The maximum Gasteiger partial charge on any atom is 0.387 e. The van der Waals surface area contributed by atoms with Crippen molar-refractivity contribution in [1.82, 2.24) is 4.98 Å². The number of anilines is 1. The molecule has 1 aromatic heterocycles. The lowest BCUT2D eigenvalue weighted by Gasteiger charge is -2.48. The summed E-state index contributed by atoms with van der Waals surface area (Å²) < 4.78 is 69.7. The Balaban J connectivity index is 1.69. The fraction of sp³-hybridized carbons (Fsp3) is 0.435. The third-order valence-electron chi connectivity index (χ3n) is 6.91. The van der Waals surface area contributed by atoms with Crippen LogP contribution >= 0.6 is 0 Å². The molecule has 1 fully saturated rings. The summed E-state index contributed by atoms with van der Waals surface area (Å²) in [5, 5.41) is 1.61. The number of sulfone groups is 1. The number of aryl methyl sites for hydroxylation is 1. The molecular weight excluding hydrogens is 485 g/mol. The zero-order valence-corrected chi connectivity index (χ0v) is 20.1. The number of fused-ring (bicyclic) bond motifs is 2. The molecule has 12 heteroatoms. The van der Waals surface area contributed by atoms with E-state index in [0.717, 1.165) is 12.3 Å². The van der Waals surface area contributed by atoms with E-state index in [4.69, 9.17) is 5.73 Å². The molecule has 1 aromatic carbocycles. The zero-order chi connectivity index (χ0) is 25.8. The van der Waals surface area contributed by atoms with Gasteiger partial charge in [-0.3, -0.25) is 9.79 Å². The van der Waals surface area contributed by atoms with Crippen LogP contribution in [0.15, 0.2) is 35.5 Å². The lowest BCUT2D eigenvalue weighted by molar-refractivity contribution is -0.0501. The summed E-state index contributed by atoms with van der Waals surface area (Å²) in [6.45, 7) is 1.55. The molecule has 4 rings (SSSR count). The van der Waals surface area contributed by atoms with E-state index in [9.17, 15) is 22.0 Å². The standard InChI is InChI=1S/C23H25F3N4O4S/c1-12-9-14(34-21(25)26)11-28-18(12)19(31)29-13-6-7-16(24)15(10-13)23(3)17-5-4-8-22(2,20(27)30-23)35(17,32)33/h6-7,9-11,17,21H,4-5,8H2,1-3H3,(H2,27,30)(H,29,31)/t17-,22+,23-/m1/s1. The van der Waals surface area contributed by atoms with Gasteiger partial charge in [-0.1, -0.05) is 6.42 Å². The zero-order valence-electron chi connectivity index (χ0n) is 19.3.